The molecule has 10 heteroatoms. The lowest BCUT2D eigenvalue weighted by Gasteiger charge is -2.33. The summed E-state index contributed by atoms with van der Waals surface area (Å²) >= 11 is 5.80. The van der Waals surface area contributed by atoms with E-state index in [0.717, 1.165) is 6.42 Å². The van der Waals surface area contributed by atoms with Gasteiger partial charge in [-0.3, -0.25) is 4.79 Å². The molecular formula is C17H21ClN2O6S. The van der Waals surface area contributed by atoms with Crippen molar-refractivity contribution in [3.8, 4) is 0 Å². The van der Waals surface area contributed by atoms with Crippen LogP contribution in [0.1, 0.15) is 12.8 Å². The smallest absolute Gasteiger partial charge is 0.335 e. The molecule has 8 nitrogen and oxygen atoms in total. The van der Waals surface area contributed by atoms with E-state index in [-0.39, 0.29) is 43.6 Å². The van der Waals surface area contributed by atoms with Gasteiger partial charge in [0.25, 0.3) is 5.91 Å². The number of carbonyl (C=O) groups excluding carboxylic acids is 2. The molecule has 1 aromatic carbocycles. The average molecular weight is 417 g/mol. The molecule has 0 aliphatic carbocycles. The van der Waals surface area contributed by atoms with Crippen LogP contribution >= 0.6 is 11.6 Å². The molecule has 2 aliphatic heterocycles. The highest BCUT2D eigenvalue weighted by Crippen LogP contribution is 2.20. The van der Waals surface area contributed by atoms with Crippen molar-refractivity contribution in [1.29, 1.82) is 0 Å². The second kappa shape index (κ2) is 8.55. The lowest BCUT2D eigenvalue weighted by molar-refractivity contribution is -0.160. The third-order valence-corrected chi connectivity index (χ3v) is 6.74. The second-order valence-corrected chi connectivity index (χ2v) is 8.72. The number of sulfonamides is 1. The van der Waals surface area contributed by atoms with Gasteiger partial charge < -0.3 is 14.4 Å². The Labute approximate surface area is 163 Å². The van der Waals surface area contributed by atoms with Crippen molar-refractivity contribution in [3.05, 3.63) is 29.3 Å². The summed E-state index contributed by atoms with van der Waals surface area (Å²) in [5.74, 6) is -0.866. The van der Waals surface area contributed by atoms with Gasteiger partial charge in [-0.2, -0.15) is 4.31 Å². The predicted octanol–water partition coefficient (Wildman–Crippen LogP) is 0.895. The van der Waals surface area contributed by atoms with Gasteiger partial charge in [0, 0.05) is 37.8 Å². The minimum atomic E-state index is -3.63. The number of amides is 1. The number of ether oxygens (including phenoxy) is 2. The summed E-state index contributed by atoms with van der Waals surface area (Å²) in [6, 6.07) is 5.97. The predicted molar refractivity (Wildman–Crippen MR) is 96.7 cm³/mol. The fourth-order valence-electron chi connectivity index (χ4n) is 3.01. The number of halogens is 1. The molecule has 1 atom stereocenters. The topological polar surface area (TPSA) is 93.2 Å². The third-order valence-electron chi connectivity index (χ3n) is 4.57. The Morgan fingerprint density at radius 2 is 1.81 bits per heavy atom. The van der Waals surface area contributed by atoms with E-state index in [1.54, 1.807) is 0 Å². The van der Waals surface area contributed by atoms with E-state index in [2.05, 4.69) is 0 Å². The lowest BCUT2D eigenvalue weighted by Crippen LogP contribution is -2.51. The summed E-state index contributed by atoms with van der Waals surface area (Å²) in [6.07, 6.45) is 0.825. The van der Waals surface area contributed by atoms with E-state index in [4.69, 9.17) is 21.1 Å². The minimum absolute atomic E-state index is 0.164. The lowest BCUT2D eigenvalue weighted by atomic mass is 10.2. The van der Waals surface area contributed by atoms with Crippen molar-refractivity contribution in [2.24, 2.45) is 0 Å². The Bertz CT molecular complexity index is 784. The number of hydrogen-bond acceptors (Lipinski definition) is 6. The molecule has 2 saturated heterocycles. The number of esters is 1. The van der Waals surface area contributed by atoms with Gasteiger partial charge in [0.2, 0.25) is 10.0 Å². The number of benzene rings is 1. The number of piperazine rings is 1. The van der Waals surface area contributed by atoms with Gasteiger partial charge >= 0.3 is 5.97 Å². The molecule has 2 aliphatic rings. The molecule has 0 N–H and O–H groups in total. The van der Waals surface area contributed by atoms with Gasteiger partial charge in [-0.1, -0.05) is 11.6 Å². The highest BCUT2D eigenvalue weighted by molar-refractivity contribution is 7.89. The largest absolute Gasteiger partial charge is 0.454 e. The highest BCUT2D eigenvalue weighted by atomic mass is 35.5. The maximum Gasteiger partial charge on any atom is 0.335 e. The van der Waals surface area contributed by atoms with Crippen LogP contribution in [0.25, 0.3) is 0 Å². The summed E-state index contributed by atoms with van der Waals surface area (Å²) in [4.78, 5) is 25.6. The van der Waals surface area contributed by atoms with Crippen molar-refractivity contribution in [2.45, 2.75) is 23.8 Å². The van der Waals surface area contributed by atoms with E-state index < -0.39 is 22.1 Å². The van der Waals surface area contributed by atoms with Crippen molar-refractivity contribution in [1.82, 2.24) is 9.21 Å². The van der Waals surface area contributed by atoms with Gasteiger partial charge in [0.1, 0.15) is 0 Å². The Morgan fingerprint density at radius 1 is 1.15 bits per heavy atom. The fourth-order valence-corrected chi connectivity index (χ4v) is 4.56. The Hall–Kier alpha value is -1.68. The van der Waals surface area contributed by atoms with Crippen LogP contribution in [0.3, 0.4) is 0 Å². The third kappa shape index (κ3) is 4.78. The van der Waals surface area contributed by atoms with E-state index in [0.29, 0.717) is 18.1 Å². The van der Waals surface area contributed by atoms with Crippen molar-refractivity contribution in [2.75, 3.05) is 39.4 Å². The van der Waals surface area contributed by atoms with Gasteiger partial charge in [-0.05, 0) is 37.1 Å². The zero-order valence-corrected chi connectivity index (χ0v) is 16.2. The monoisotopic (exact) mass is 416 g/mol. The molecule has 0 bridgehead atoms. The number of carbonyl (C=O) groups is 2. The standard InChI is InChI=1S/C17H21ClN2O6S/c18-13-3-5-14(6-4-13)27(23,24)20-9-7-19(8-10-20)16(21)12-26-17(22)15-2-1-11-25-15/h3-6,15H,1-2,7-12H2/t15-/m0/s1. The first kappa shape index (κ1) is 20.1. The molecule has 2 fully saturated rings. The van der Waals surface area contributed by atoms with Gasteiger partial charge in [-0.25, -0.2) is 13.2 Å². The van der Waals surface area contributed by atoms with Crippen LogP contribution in [-0.4, -0.2) is 75.0 Å². The van der Waals surface area contributed by atoms with Crippen LogP contribution < -0.4 is 0 Å². The van der Waals surface area contributed by atoms with Gasteiger partial charge in [0.15, 0.2) is 12.7 Å². The maximum atomic E-state index is 12.6. The summed E-state index contributed by atoms with van der Waals surface area (Å²) in [5, 5.41) is 0.460. The van der Waals surface area contributed by atoms with E-state index in [1.165, 1.54) is 33.5 Å². The Kier molecular flexibility index (Phi) is 6.36. The van der Waals surface area contributed by atoms with Crippen LogP contribution in [-0.2, 0) is 29.1 Å². The van der Waals surface area contributed by atoms with Crippen molar-refractivity contribution < 1.29 is 27.5 Å². The number of nitrogens with zero attached hydrogens (tertiary/aromatic N) is 2. The molecule has 2 heterocycles. The van der Waals surface area contributed by atoms with Crippen LogP contribution in [0, 0.1) is 0 Å². The first-order valence-corrected chi connectivity index (χ1v) is 10.5. The molecule has 0 spiro atoms. The van der Waals surface area contributed by atoms with Crippen molar-refractivity contribution >= 4 is 33.5 Å². The highest BCUT2D eigenvalue weighted by Gasteiger charge is 2.31. The second-order valence-electron chi connectivity index (χ2n) is 6.35. The first-order valence-electron chi connectivity index (χ1n) is 8.69. The fraction of sp³-hybridized carbons (Fsp3) is 0.529. The normalized spacial score (nSPS) is 21.2. The number of hydrogen-bond donors (Lipinski definition) is 0. The number of rotatable bonds is 5. The summed E-state index contributed by atoms with van der Waals surface area (Å²) in [6.45, 7) is 0.999. The minimum Gasteiger partial charge on any atom is -0.454 e. The Morgan fingerprint density at radius 3 is 2.41 bits per heavy atom. The molecule has 3 rings (SSSR count). The van der Waals surface area contributed by atoms with Gasteiger partial charge in [-0.15, -0.1) is 0 Å². The molecule has 27 heavy (non-hydrogen) atoms. The van der Waals surface area contributed by atoms with Crippen LogP contribution in [0.4, 0.5) is 0 Å². The Balaban J connectivity index is 1.49. The van der Waals surface area contributed by atoms with Gasteiger partial charge in [0.05, 0.1) is 4.90 Å². The zero-order valence-electron chi connectivity index (χ0n) is 14.7. The SMILES string of the molecule is O=C(OCC(=O)N1CCN(S(=O)(=O)c2ccc(Cl)cc2)CC1)[C@@H]1CCCO1. The van der Waals surface area contributed by atoms with Crippen molar-refractivity contribution in [3.63, 3.8) is 0 Å². The van der Waals surface area contributed by atoms with Crippen LogP contribution in [0.5, 0.6) is 0 Å². The molecule has 0 radical (unpaired) electrons. The van der Waals surface area contributed by atoms with E-state index in [1.807, 2.05) is 0 Å². The zero-order chi connectivity index (χ0) is 19.4. The molecule has 148 valence electrons. The molecule has 1 aromatic rings. The van der Waals surface area contributed by atoms with E-state index >= 15 is 0 Å². The average Bonchev–Trinajstić information content (AvgIpc) is 3.21. The quantitative estimate of drug-likeness (QED) is 0.662. The van der Waals surface area contributed by atoms with Crippen LogP contribution in [0.15, 0.2) is 29.2 Å². The molecule has 0 aromatic heterocycles. The summed E-state index contributed by atoms with van der Waals surface area (Å²) < 4.78 is 36.8. The molecular weight excluding hydrogens is 396 g/mol. The van der Waals surface area contributed by atoms with E-state index in [9.17, 15) is 18.0 Å². The molecule has 1 amide bonds. The van der Waals surface area contributed by atoms with Crippen LogP contribution in [0.2, 0.25) is 5.02 Å². The summed E-state index contributed by atoms with van der Waals surface area (Å²) in [5.41, 5.74) is 0. The maximum absolute atomic E-state index is 12.6. The first-order chi connectivity index (χ1) is 12.9. The molecule has 0 unspecified atom stereocenters. The summed E-state index contributed by atoms with van der Waals surface area (Å²) in [7, 11) is -3.63. The molecule has 0 saturated carbocycles.